The van der Waals surface area contributed by atoms with E-state index in [9.17, 15) is 0 Å². The molecule has 2 unspecified atom stereocenters. The fourth-order valence-electron chi connectivity index (χ4n) is 4.10. The molecule has 0 spiro atoms. The zero-order valence-electron chi connectivity index (χ0n) is 15.6. The molecule has 3 aromatic rings. The second kappa shape index (κ2) is 8.16. The molecule has 0 heteroatoms. The van der Waals surface area contributed by atoms with Crippen LogP contribution in [-0.4, -0.2) is 0 Å². The van der Waals surface area contributed by atoms with Crippen molar-refractivity contribution in [3.8, 4) is 0 Å². The number of hydrogen-bond donors (Lipinski definition) is 0. The zero-order valence-corrected chi connectivity index (χ0v) is 15.6. The summed E-state index contributed by atoms with van der Waals surface area (Å²) in [4.78, 5) is 0. The van der Waals surface area contributed by atoms with Crippen molar-refractivity contribution >= 4 is 0 Å². The lowest BCUT2D eigenvalue weighted by Gasteiger charge is -2.27. The van der Waals surface area contributed by atoms with Crippen LogP contribution in [0, 0.1) is 6.92 Å². The monoisotopic (exact) mass is 328 g/mol. The van der Waals surface area contributed by atoms with Crippen LogP contribution in [0.4, 0.5) is 0 Å². The summed E-state index contributed by atoms with van der Waals surface area (Å²) in [5.74, 6) is 0.907. The Labute approximate surface area is 152 Å². The summed E-state index contributed by atoms with van der Waals surface area (Å²) in [5.41, 5.74) is 7.25. The molecule has 0 aliphatic carbocycles. The highest BCUT2D eigenvalue weighted by Gasteiger charge is 2.22. The first-order valence-corrected chi connectivity index (χ1v) is 9.45. The topological polar surface area (TPSA) is 0 Å². The Kier molecular flexibility index (Phi) is 5.71. The summed E-state index contributed by atoms with van der Waals surface area (Å²) in [6, 6.07) is 28.7. The van der Waals surface area contributed by atoms with Gasteiger partial charge in [-0.05, 0) is 47.6 Å². The van der Waals surface area contributed by atoms with Crippen LogP contribution in [0.3, 0.4) is 0 Å². The minimum absolute atomic E-state index is 0.453. The molecule has 3 aromatic carbocycles. The van der Waals surface area contributed by atoms with Gasteiger partial charge < -0.3 is 0 Å². The maximum atomic E-state index is 2.34. The van der Waals surface area contributed by atoms with Crippen molar-refractivity contribution in [2.75, 3.05) is 0 Å². The highest BCUT2D eigenvalue weighted by Crippen LogP contribution is 2.39. The smallest absolute Gasteiger partial charge is 0.00923 e. The zero-order chi connectivity index (χ0) is 17.6. The van der Waals surface area contributed by atoms with Crippen LogP contribution in [0.5, 0.6) is 0 Å². The molecule has 0 amide bonds. The third-order valence-corrected chi connectivity index (χ3v) is 5.30. The largest absolute Gasteiger partial charge is 0.0645 e. The lowest BCUT2D eigenvalue weighted by molar-refractivity contribution is 0.715. The molecule has 0 bridgehead atoms. The average Bonchev–Trinajstić information content (AvgIpc) is 2.67. The predicted molar refractivity (Wildman–Crippen MR) is 108 cm³/mol. The molecule has 0 saturated heterocycles. The minimum atomic E-state index is 0.453. The second-order valence-electron chi connectivity index (χ2n) is 6.82. The molecule has 0 heterocycles. The summed E-state index contributed by atoms with van der Waals surface area (Å²) >= 11 is 0. The SMILES string of the molecule is CCC(c1ccccc1)c1cccc(C)c1C(CC)c1ccccc1. The fourth-order valence-corrected chi connectivity index (χ4v) is 4.10. The molecule has 0 aliphatic rings. The summed E-state index contributed by atoms with van der Waals surface area (Å²) < 4.78 is 0. The van der Waals surface area contributed by atoms with Gasteiger partial charge in [-0.25, -0.2) is 0 Å². The van der Waals surface area contributed by atoms with Crippen LogP contribution in [0.1, 0.15) is 66.3 Å². The van der Waals surface area contributed by atoms with Gasteiger partial charge in [-0.3, -0.25) is 0 Å². The summed E-state index contributed by atoms with van der Waals surface area (Å²) in [7, 11) is 0. The third kappa shape index (κ3) is 3.69. The molecule has 25 heavy (non-hydrogen) atoms. The molecule has 0 nitrogen and oxygen atoms in total. The van der Waals surface area contributed by atoms with Gasteiger partial charge in [-0.2, -0.15) is 0 Å². The average molecular weight is 328 g/mol. The number of benzene rings is 3. The molecule has 0 aliphatic heterocycles. The van der Waals surface area contributed by atoms with E-state index in [0.717, 1.165) is 12.8 Å². The highest BCUT2D eigenvalue weighted by molar-refractivity contribution is 5.47. The first kappa shape index (κ1) is 17.5. The molecular weight excluding hydrogens is 300 g/mol. The molecule has 0 fully saturated rings. The van der Waals surface area contributed by atoms with Gasteiger partial charge in [-0.1, -0.05) is 92.7 Å². The van der Waals surface area contributed by atoms with Crippen LogP contribution in [0.2, 0.25) is 0 Å². The van der Waals surface area contributed by atoms with Crippen LogP contribution in [0.15, 0.2) is 78.9 Å². The summed E-state index contributed by atoms with van der Waals surface area (Å²) in [6.07, 6.45) is 2.23. The molecule has 128 valence electrons. The fraction of sp³-hybridized carbons (Fsp3) is 0.280. The van der Waals surface area contributed by atoms with Gasteiger partial charge in [0.05, 0.1) is 0 Å². The van der Waals surface area contributed by atoms with Crippen LogP contribution < -0.4 is 0 Å². The standard InChI is InChI=1S/C25H28/c1-4-22(20-14-8-6-9-15-20)24-18-12-13-19(3)25(24)23(5-2)21-16-10-7-11-17-21/h6-18,22-23H,4-5H2,1-3H3. The van der Waals surface area contributed by atoms with Crippen LogP contribution in [0.25, 0.3) is 0 Å². The number of aryl methyl sites for hydroxylation is 1. The van der Waals surface area contributed by atoms with Crippen molar-refractivity contribution in [1.29, 1.82) is 0 Å². The Balaban J connectivity index is 2.14. The molecule has 0 radical (unpaired) electrons. The first-order valence-electron chi connectivity index (χ1n) is 9.45. The van der Waals surface area contributed by atoms with Gasteiger partial charge in [0, 0.05) is 11.8 Å². The first-order chi connectivity index (χ1) is 12.3. The Morgan fingerprint density at radius 3 is 1.64 bits per heavy atom. The van der Waals surface area contributed by atoms with E-state index in [0.29, 0.717) is 11.8 Å². The molecule has 2 atom stereocenters. The predicted octanol–water partition coefficient (Wildman–Crippen LogP) is 7.08. The van der Waals surface area contributed by atoms with Gasteiger partial charge in [-0.15, -0.1) is 0 Å². The van der Waals surface area contributed by atoms with E-state index in [1.54, 1.807) is 0 Å². The van der Waals surface area contributed by atoms with Crippen molar-refractivity contribution in [2.24, 2.45) is 0 Å². The van der Waals surface area contributed by atoms with Crippen molar-refractivity contribution in [1.82, 2.24) is 0 Å². The number of rotatable bonds is 6. The Hall–Kier alpha value is -2.34. The molecule has 0 aromatic heterocycles. The highest BCUT2D eigenvalue weighted by atomic mass is 14.3. The van der Waals surface area contributed by atoms with Crippen molar-refractivity contribution < 1.29 is 0 Å². The van der Waals surface area contributed by atoms with E-state index in [2.05, 4.69) is 99.6 Å². The van der Waals surface area contributed by atoms with Gasteiger partial charge >= 0.3 is 0 Å². The van der Waals surface area contributed by atoms with E-state index in [4.69, 9.17) is 0 Å². The van der Waals surface area contributed by atoms with Crippen molar-refractivity contribution in [3.63, 3.8) is 0 Å². The summed E-state index contributed by atoms with van der Waals surface area (Å²) in [6.45, 7) is 6.87. The molecule has 0 saturated carbocycles. The quantitative estimate of drug-likeness (QED) is 0.453. The van der Waals surface area contributed by atoms with Gasteiger partial charge in [0.15, 0.2) is 0 Å². The molecule has 3 rings (SSSR count). The van der Waals surface area contributed by atoms with E-state index in [-0.39, 0.29) is 0 Å². The Bertz CT molecular complexity index is 787. The lowest BCUT2D eigenvalue weighted by atomic mass is 9.77. The minimum Gasteiger partial charge on any atom is -0.0645 e. The van der Waals surface area contributed by atoms with E-state index >= 15 is 0 Å². The Morgan fingerprint density at radius 1 is 0.600 bits per heavy atom. The van der Waals surface area contributed by atoms with Gasteiger partial charge in [0.1, 0.15) is 0 Å². The van der Waals surface area contributed by atoms with E-state index < -0.39 is 0 Å². The summed E-state index contributed by atoms with van der Waals surface area (Å²) in [5, 5.41) is 0. The molecular formula is C25H28. The van der Waals surface area contributed by atoms with Crippen LogP contribution >= 0.6 is 0 Å². The Morgan fingerprint density at radius 2 is 1.12 bits per heavy atom. The molecule has 0 N–H and O–H groups in total. The maximum Gasteiger partial charge on any atom is 0.00923 e. The number of hydrogen-bond acceptors (Lipinski definition) is 0. The van der Waals surface area contributed by atoms with E-state index in [1.807, 2.05) is 0 Å². The van der Waals surface area contributed by atoms with Gasteiger partial charge in [0.2, 0.25) is 0 Å². The lowest BCUT2D eigenvalue weighted by Crippen LogP contribution is -2.10. The van der Waals surface area contributed by atoms with Gasteiger partial charge in [0.25, 0.3) is 0 Å². The second-order valence-corrected chi connectivity index (χ2v) is 6.82. The van der Waals surface area contributed by atoms with Crippen LogP contribution in [-0.2, 0) is 0 Å². The van der Waals surface area contributed by atoms with E-state index in [1.165, 1.54) is 27.8 Å². The third-order valence-electron chi connectivity index (χ3n) is 5.30. The normalized spacial score (nSPS) is 13.4. The van der Waals surface area contributed by atoms with Crippen molar-refractivity contribution in [3.05, 3.63) is 107 Å². The van der Waals surface area contributed by atoms with Crippen molar-refractivity contribution in [2.45, 2.75) is 45.4 Å². The maximum absolute atomic E-state index is 2.34.